The van der Waals surface area contributed by atoms with Gasteiger partial charge in [0.15, 0.2) is 5.76 Å². The second-order valence-corrected chi connectivity index (χ2v) is 7.50. The Hall–Kier alpha value is -2.41. The van der Waals surface area contributed by atoms with E-state index in [-0.39, 0.29) is 11.8 Å². The zero-order chi connectivity index (χ0) is 17.2. The summed E-state index contributed by atoms with van der Waals surface area (Å²) in [4.78, 5) is 15.7. The van der Waals surface area contributed by atoms with Crippen molar-refractivity contribution in [2.75, 3.05) is 13.1 Å². The van der Waals surface area contributed by atoms with Gasteiger partial charge >= 0.3 is 0 Å². The summed E-state index contributed by atoms with van der Waals surface area (Å²) in [5, 5.41) is 13.3. The molecule has 25 heavy (non-hydrogen) atoms. The normalized spacial score (nSPS) is 17.8. The summed E-state index contributed by atoms with van der Waals surface area (Å²) in [5.41, 5.74) is 2.82. The molecule has 0 aromatic carbocycles. The van der Waals surface area contributed by atoms with Gasteiger partial charge in [0.05, 0.1) is 29.6 Å². The predicted molar refractivity (Wildman–Crippen MR) is 95.4 cm³/mol. The molecule has 1 unspecified atom stereocenters. The Morgan fingerprint density at radius 3 is 3.20 bits per heavy atom. The number of piperidine rings is 1. The van der Waals surface area contributed by atoms with E-state index in [2.05, 4.69) is 15.4 Å². The molecule has 0 spiro atoms. The number of amides is 1. The summed E-state index contributed by atoms with van der Waals surface area (Å²) in [7, 11) is 0. The first-order chi connectivity index (χ1) is 12.2. The topological polar surface area (TPSA) is 75.0 Å². The summed E-state index contributed by atoms with van der Waals surface area (Å²) in [5.74, 6) is 1.16. The number of likely N-dealkylation sites (tertiary alicyclic amines) is 1. The van der Waals surface area contributed by atoms with Crippen LogP contribution in [-0.4, -0.2) is 39.3 Å². The van der Waals surface area contributed by atoms with Crippen molar-refractivity contribution >= 4 is 17.2 Å². The number of nitrogens with zero attached hydrogens (tertiary/aromatic N) is 3. The highest BCUT2D eigenvalue weighted by molar-refractivity contribution is 7.10. The zero-order valence-electron chi connectivity index (χ0n) is 14.1. The SMILES string of the molecule is Cc1cc(-c2cn[nH]c2C2CCCN(C(=O)Cc3cccs3)C2)on1. The third-order valence-electron chi connectivity index (χ3n) is 4.65. The number of carbonyl (C=O) groups is 1. The van der Waals surface area contributed by atoms with Crippen molar-refractivity contribution in [3.8, 4) is 11.3 Å². The van der Waals surface area contributed by atoms with Crippen molar-refractivity contribution in [3.63, 3.8) is 0 Å². The van der Waals surface area contributed by atoms with Crippen molar-refractivity contribution in [1.82, 2.24) is 20.3 Å². The second-order valence-electron chi connectivity index (χ2n) is 6.46. The molecule has 0 radical (unpaired) electrons. The average molecular weight is 356 g/mol. The number of aryl methyl sites for hydroxylation is 1. The number of nitrogens with one attached hydrogen (secondary N) is 1. The van der Waals surface area contributed by atoms with E-state index in [1.165, 1.54) is 0 Å². The Morgan fingerprint density at radius 2 is 2.44 bits per heavy atom. The summed E-state index contributed by atoms with van der Waals surface area (Å²) in [6.07, 6.45) is 4.29. The highest BCUT2D eigenvalue weighted by Crippen LogP contribution is 2.33. The molecule has 1 saturated heterocycles. The number of rotatable bonds is 4. The van der Waals surface area contributed by atoms with Crippen molar-refractivity contribution in [1.29, 1.82) is 0 Å². The van der Waals surface area contributed by atoms with Crippen LogP contribution in [0.2, 0.25) is 0 Å². The van der Waals surface area contributed by atoms with Crippen LogP contribution in [0.1, 0.15) is 35.0 Å². The number of aromatic nitrogens is 3. The fourth-order valence-electron chi connectivity index (χ4n) is 3.41. The van der Waals surface area contributed by atoms with E-state index >= 15 is 0 Å². The Morgan fingerprint density at radius 1 is 1.52 bits per heavy atom. The minimum Gasteiger partial charge on any atom is -0.356 e. The van der Waals surface area contributed by atoms with Gasteiger partial charge in [-0.3, -0.25) is 9.89 Å². The van der Waals surface area contributed by atoms with Gasteiger partial charge in [0.1, 0.15) is 0 Å². The maximum Gasteiger partial charge on any atom is 0.227 e. The fourth-order valence-corrected chi connectivity index (χ4v) is 4.10. The Balaban J connectivity index is 1.50. The zero-order valence-corrected chi connectivity index (χ0v) is 14.9. The van der Waals surface area contributed by atoms with Crippen LogP contribution >= 0.6 is 11.3 Å². The average Bonchev–Trinajstić information content (AvgIpc) is 3.36. The molecule has 6 nitrogen and oxygen atoms in total. The summed E-state index contributed by atoms with van der Waals surface area (Å²) >= 11 is 1.63. The molecule has 0 saturated carbocycles. The Bertz CT molecular complexity index is 852. The molecule has 3 aromatic heterocycles. The van der Waals surface area contributed by atoms with Gasteiger partial charge in [-0.2, -0.15) is 5.10 Å². The first-order valence-electron chi connectivity index (χ1n) is 8.48. The number of carbonyl (C=O) groups excluding carboxylic acids is 1. The molecular weight excluding hydrogens is 336 g/mol. The van der Waals surface area contributed by atoms with E-state index in [1.807, 2.05) is 35.4 Å². The number of H-pyrrole nitrogens is 1. The lowest BCUT2D eigenvalue weighted by atomic mass is 9.91. The van der Waals surface area contributed by atoms with E-state index in [1.54, 1.807) is 17.5 Å². The molecule has 4 rings (SSSR count). The molecule has 7 heteroatoms. The monoisotopic (exact) mass is 356 g/mol. The van der Waals surface area contributed by atoms with Crippen molar-refractivity contribution < 1.29 is 9.32 Å². The van der Waals surface area contributed by atoms with Crippen LogP contribution in [0.5, 0.6) is 0 Å². The van der Waals surface area contributed by atoms with Gasteiger partial charge in [-0.15, -0.1) is 11.3 Å². The molecule has 130 valence electrons. The fraction of sp³-hybridized carbons (Fsp3) is 0.389. The van der Waals surface area contributed by atoms with Crippen LogP contribution in [0.25, 0.3) is 11.3 Å². The molecule has 0 bridgehead atoms. The molecular formula is C18H20N4O2S. The lowest BCUT2D eigenvalue weighted by Crippen LogP contribution is -2.40. The number of aromatic amines is 1. The quantitative estimate of drug-likeness (QED) is 0.777. The maximum absolute atomic E-state index is 12.6. The van der Waals surface area contributed by atoms with Gasteiger partial charge in [-0.05, 0) is 31.2 Å². The third kappa shape index (κ3) is 3.37. The summed E-state index contributed by atoms with van der Waals surface area (Å²) in [6, 6.07) is 5.92. The lowest BCUT2D eigenvalue weighted by Gasteiger charge is -2.32. The molecule has 1 amide bonds. The summed E-state index contributed by atoms with van der Waals surface area (Å²) < 4.78 is 5.40. The minimum atomic E-state index is 0.198. The third-order valence-corrected chi connectivity index (χ3v) is 5.53. The Kier molecular flexibility index (Phi) is 4.40. The Labute approximate surface area is 149 Å². The van der Waals surface area contributed by atoms with Crippen LogP contribution in [0.15, 0.2) is 34.3 Å². The summed E-state index contributed by atoms with van der Waals surface area (Å²) in [6.45, 7) is 3.44. The van der Waals surface area contributed by atoms with Crippen molar-refractivity contribution in [3.05, 3.63) is 46.0 Å². The highest BCUT2D eigenvalue weighted by Gasteiger charge is 2.28. The minimum absolute atomic E-state index is 0.198. The first kappa shape index (κ1) is 16.1. The second kappa shape index (κ2) is 6.84. The predicted octanol–water partition coefficient (Wildman–Crippen LogP) is 3.38. The number of hydrogen-bond donors (Lipinski definition) is 1. The molecule has 1 N–H and O–H groups in total. The van der Waals surface area contributed by atoms with Gasteiger partial charge in [0, 0.05) is 30.0 Å². The van der Waals surface area contributed by atoms with E-state index in [0.717, 1.165) is 47.0 Å². The van der Waals surface area contributed by atoms with Crippen LogP contribution in [0.4, 0.5) is 0 Å². The molecule has 4 heterocycles. The van der Waals surface area contributed by atoms with E-state index in [0.29, 0.717) is 13.0 Å². The van der Waals surface area contributed by atoms with Crippen LogP contribution in [0, 0.1) is 6.92 Å². The van der Waals surface area contributed by atoms with Crippen LogP contribution in [-0.2, 0) is 11.2 Å². The van der Waals surface area contributed by atoms with Gasteiger partial charge in [0.2, 0.25) is 5.91 Å². The van der Waals surface area contributed by atoms with Gasteiger partial charge in [0.25, 0.3) is 0 Å². The van der Waals surface area contributed by atoms with Gasteiger partial charge in [-0.25, -0.2) is 0 Å². The lowest BCUT2D eigenvalue weighted by molar-refractivity contribution is -0.131. The van der Waals surface area contributed by atoms with Crippen molar-refractivity contribution in [2.24, 2.45) is 0 Å². The van der Waals surface area contributed by atoms with Crippen LogP contribution < -0.4 is 0 Å². The molecule has 3 aromatic rings. The maximum atomic E-state index is 12.6. The van der Waals surface area contributed by atoms with Gasteiger partial charge in [-0.1, -0.05) is 11.2 Å². The molecule has 1 atom stereocenters. The van der Waals surface area contributed by atoms with E-state index in [4.69, 9.17) is 4.52 Å². The first-order valence-corrected chi connectivity index (χ1v) is 9.36. The molecule has 1 aliphatic rings. The van der Waals surface area contributed by atoms with E-state index < -0.39 is 0 Å². The number of hydrogen-bond acceptors (Lipinski definition) is 5. The van der Waals surface area contributed by atoms with Crippen LogP contribution in [0.3, 0.4) is 0 Å². The number of thiophene rings is 1. The largest absolute Gasteiger partial charge is 0.356 e. The molecule has 1 aliphatic heterocycles. The van der Waals surface area contributed by atoms with Gasteiger partial charge < -0.3 is 9.42 Å². The molecule has 1 fully saturated rings. The standard InChI is InChI=1S/C18H20N4O2S/c1-12-8-16(24-21-12)15-10-19-20-18(15)13-4-2-6-22(11-13)17(23)9-14-5-3-7-25-14/h3,5,7-8,10,13H,2,4,6,9,11H2,1H3,(H,19,20). The molecule has 0 aliphatic carbocycles. The van der Waals surface area contributed by atoms with E-state index in [9.17, 15) is 4.79 Å². The van der Waals surface area contributed by atoms with Crippen molar-refractivity contribution in [2.45, 2.75) is 32.1 Å². The smallest absolute Gasteiger partial charge is 0.227 e. The highest BCUT2D eigenvalue weighted by atomic mass is 32.1.